The van der Waals surface area contributed by atoms with Gasteiger partial charge in [-0.2, -0.15) is 0 Å². The van der Waals surface area contributed by atoms with Crippen LogP contribution in [-0.4, -0.2) is 23.6 Å². The number of benzene rings is 2. The number of amides is 1. The second-order valence-electron chi connectivity index (χ2n) is 5.72. The Morgan fingerprint density at radius 3 is 2.40 bits per heavy atom. The minimum atomic E-state index is -0.829. The van der Waals surface area contributed by atoms with Crippen LogP contribution in [-0.2, 0) is 22.4 Å². The zero-order valence-electron chi connectivity index (χ0n) is 14.3. The van der Waals surface area contributed by atoms with E-state index in [0.29, 0.717) is 31.6 Å². The van der Waals surface area contributed by atoms with Gasteiger partial charge in [0.1, 0.15) is 5.75 Å². The molecular weight excluding hydrogens is 318 g/mol. The standard InChI is InChI=1S/C20H23NO4/c1-2-25-18-10-6-15(7-11-18)8-12-19(22)21-17-5-3-4-16(14-17)9-13-20(23)24/h3-7,10-11,14H,2,8-9,12-13H2,1H3,(H,21,22)(H,23,24). The van der Waals surface area contributed by atoms with Gasteiger partial charge in [-0.15, -0.1) is 0 Å². The lowest BCUT2D eigenvalue weighted by molar-refractivity contribution is -0.137. The molecule has 2 aromatic rings. The number of carboxylic acids is 1. The van der Waals surface area contributed by atoms with Crippen LogP contribution < -0.4 is 10.1 Å². The Labute approximate surface area is 147 Å². The molecule has 2 rings (SSSR count). The summed E-state index contributed by atoms with van der Waals surface area (Å²) in [5.41, 5.74) is 2.67. The third-order valence-corrected chi connectivity index (χ3v) is 3.71. The van der Waals surface area contributed by atoms with Gasteiger partial charge in [-0.3, -0.25) is 9.59 Å². The van der Waals surface area contributed by atoms with Crippen LogP contribution in [0.1, 0.15) is 30.9 Å². The number of ether oxygens (including phenoxy) is 1. The molecule has 0 saturated heterocycles. The van der Waals surface area contributed by atoms with Gasteiger partial charge in [-0.05, 0) is 55.2 Å². The second kappa shape index (κ2) is 9.47. The first-order chi connectivity index (χ1) is 12.1. The molecule has 1 amide bonds. The molecule has 0 aromatic heterocycles. The lowest BCUT2D eigenvalue weighted by atomic mass is 10.1. The Morgan fingerprint density at radius 1 is 1.00 bits per heavy atom. The summed E-state index contributed by atoms with van der Waals surface area (Å²) in [5.74, 6) is -0.0667. The molecule has 5 heteroatoms. The molecule has 132 valence electrons. The van der Waals surface area contributed by atoms with Gasteiger partial charge in [-0.1, -0.05) is 24.3 Å². The number of carbonyl (C=O) groups is 2. The first-order valence-electron chi connectivity index (χ1n) is 8.39. The minimum Gasteiger partial charge on any atom is -0.494 e. The second-order valence-corrected chi connectivity index (χ2v) is 5.72. The lowest BCUT2D eigenvalue weighted by Gasteiger charge is -2.08. The number of carbonyl (C=O) groups excluding carboxylic acids is 1. The summed E-state index contributed by atoms with van der Waals surface area (Å²) in [5, 5.41) is 11.6. The van der Waals surface area contributed by atoms with Crippen molar-refractivity contribution in [1.29, 1.82) is 0 Å². The average Bonchev–Trinajstić information content (AvgIpc) is 2.60. The van der Waals surface area contributed by atoms with Crippen molar-refractivity contribution in [3.63, 3.8) is 0 Å². The van der Waals surface area contributed by atoms with E-state index in [1.807, 2.05) is 49.4 Å². The zero-order valence-corrected chi connectivity index (χ0v) is 14.3. The van der Waals surface area contributed by atoms with Gasteiger partial charge >= 0.3 is 5.97 Å². The highest BCUT2D eigenvalue weighted by molar-refractivity contribution is 5.90. The molecule has 2 aromatic carbocycles. The van der Waals surface area contributed by atoms with Gasteiger partial charge in [0.15, 0.2) is 0 Å². The van der Waals surface area contributed by atoms with Crippen molar-refractivity contribution in [2.24, 2.45) is 0 Å². The predicted molar refractivity (Wildman–Crippen MR) is 97.0 cm³/mol. The molecule has 0 aliphatic carbocycles. The minimum absolute atomic E-state index is 0.0655. The summed E-state index contributed by atoms with van der Waals surface area (Å²) in [4.78, 5) is 22.7. The van der Waals surface area contributed by atoms with E-state index in [2.05, 4.69) is 5.32 Å². The SMILES string of the molecule is CCOc1ccc(CCC(=O)Nc2cccc(CCC(=O)O)c2)cc1. The molecule has 0 aliphatic heterocycles. The van der Waals surface area contributed by atoms with Crippen LogP contribution in [0.15, 0.2) is 48.5 Å². The van der Waals surface area contributed by atoms with E-state index in [4.69, 9.17) is 9.84 Å². The summed E-state index contributed by atoms with van der Waals surface area (Å²) < 4.78 is 5.40. The van der Waals surface area contributed by atoms with Crippen LogP contribution in [0.25, 0.3) is 0 Å². The topological polar surface area (TPSA) is 75.6 Å². The maximum absolute atomic E-state index is 12.1. The Kier molecular flexibility index (Phi) is 7.01. The first kappa shape index (κ1) is 18.5. The van der Waals surface area contributed by atoms with Crippen LogP contribution in [0.3, 0.4) is 0 Å². The third kappa shape index (κ3) is 6.67. The molecule has 0 unspecified atom stereocenters. The van der Waals surface area contributed by atoms with Crippen LogP contribution >= 0.6 is 0 Å². The summed E-state index contributed by atoms with van der Waals surface area (Å²) in [6.07, 6.45) is 1.56. The largest absolute Gasteiger partial charge is 0.494 e. The molecule has 0 aliphatic rings. The van der Waals surface area contributed by atoms with Crippen LogP contribution in [0.2, 0.25) is 0 Å². The van der Waals surface area contributed by atoms with E-state index in [1.54, 1.807) is 6.07 Å². The third-order valence-electron chi connectivity index (χ3n) is 3.71. The highest BCUT2D eigenvalue weighted by atomic mass is 16.5. The number of rotatable bonds is 9. The molecule has 0 bridgehead atoms. The summed E-state index contributed by atoms with van der Waals surface area (Å²) in [6, 6.07) is 15.0. The van der Waals surface area contributed by atoms with Crippen molar-refractivity contribution in [1.82, 2.24) is 0 Å². The van der Waals surface area contributed by atoms with Crippen LogP contribution in [0.5, 0.6) is 5.75 Å². The number of nitrogens with one attached hydrogen (secondary N) is 1. The molecule has 0 radical (unpaired) electrons. The smallest absolute Gasteiger partial charge is 0.303 e. The highest BCUT2D eigenvalue weighted by Gasteiger charge is 2.05. The lowest BCUT2D eigenvalue weighted by Crippen LogP contribution is -2.12. The van der Waals surface area contributed by atoms with E-state index < -0.39 is 5.97 Å². The van der Waals surface area contributed by atoms with E-state index in [9.17, 15) is 9.59 Å². The molecule has 0 spiro atoms. The molecule has 0 saturated carbocycles. The van der Waals surface area contributed by atoms with Crippen molar-refractivity contribution in [3.8, 4) is 5.75 Å². The number of hydrogen-bond donors (Lipinski definition) is 2. The number of aryl methyl sites for hydroxylation is 2. The predicted octanol–water partition coefficient (Wildman–Crippen LogP) is 3.67. The van der Waals surface area contributed by atoms with Crippen molar-refractivity contribution < 1.29 is 19.4 Å². The van der Waals surface area contributed by atoms with Gasteiger partial charge in [0, 0.05) is 18.5 Å². The van der Waals surface area contributed by atoms with E-state index in [-0.39, 0.29) is 12.3 Å². The van der Waals surface area contributed by atoms with Gasteiger partial charge in [0.25, 0.3) is 0 Å². The number of anilines is 1. The summed E-state index contributed by atoms with van der Waals surface area (Å²) in [6.45, 7) is 2.57. The molecule has 2 N–H and O–H groups in total. The van der Waals surface area contributed by atoms with E-state index in [0.717, 1.165) is 16.9 Å². The molecule has 0 atom stereocenters. The van der Waals surface area contributed by atoms with Crippen molar-refractivity contribution in [3.05, 3.63) is 59.7 Å². The maximum Gasteiger partial charge on any atom is 0.303 e. The van der Waals surface area contributed by atoms with Gasteiger partial charge in [0.2, 0.25) is 5.91 Å². The van der Waals surface area contributed by atoms with Crippen LogP contribution in [0, 0.1) is 0 Å². The van der Waals surface area contributed by atoms with E-state index >= 15 is 0 Å². The Hall–Kier alpha value is -2.82. The molecule has 0 fully saturated rings. The Bertz CT molecular complexity index is 710. The molecule has 25 heavy (non-hydrogen) atoms. The first-order valence-corrected chi connectivity index (χ1v) is 8.39. The molecule has 5 nitrogen and oxygen atoms in total. The van der Waals surface area contributed by atoms with Gasteiger partial charge < -0.3 is 15.2 Å². The van der Waals surface area contributed by atoms with Crippen molar-refractivity contribution in [2.75, 3.05) is 11.9 Å². The summed E-state index contributed by atoms with van der Waals surface area (Å²) >= 11 is 0. The van der Waals surface area contributed by atoms with Gasteiger partial charge in [0.05, 0.1) is 6.61 Å². The highest BCUT2D eigenvalue weighted by Crippen LogP contribution is 2.15. The average molecular weight is 341 g/mol. The van der Waals surface area contributed by atoms with Crippen LogP contribution in [0.4, 0.5) is 5.69 Å². The van der Waals surface area contributed by atoms with Gasteiger partial charge in [-0.25, -0.2) is 0 Å². The van der Waals surface area contributed by atoms with Crippen molar-refractivity contribution in [2.45, 2.75) is 32.6 Å². The molecule has 0 heterocycles. The maximum atomic E-state index is 12.1. The quantitative estimate of drug-likeness (QED) is 0.729. The fraction of sp³-hybridized carbons (Fsp3) is 0.300. The number of hydrogen-bond acceptors (Lipinski definition) is 3. The number of aliphatic carboxylic acids is 1. The monoisotopic (exact) mass is 341 g/mol. The number of carboxylic acid groups (broad SMARTS) is 1. The van der Waals surface area contributed by atoms with E-state index in [1.165, 1.54) is 0 Å². The normalized spacial score (nSPS) is 10.3. The summed E-state index contributed by atoms with van der Waals surface area (Å²) in [7, 11) is 0. The Morgan fingerprint density at radius 2 is 1.72 bits per heavy atom. The van der Waals surface area contributed by atoms with Crippen molar-refractivity contribution >= 4 is 17.6 Å². The Balaban J connectivity index is 1.83. The molecular formula is C20H23NO4. The zero-order chi connectivity index (χ0) is 18.1. The fourth-order valence-electron chi connectivity index (χ4n) is 2.46. The fourth-order valence-corrected chi connectivity index (χ4v) is 2.46.